The van der Waals surface area contributed by atoms with Crippen molar-refractivity contribution in [3.8, 4) is 0 Å². The van der Waals surface area contributed by atoms with Gasteiger partial charge in [0.15, 0.2) is 0 Å². The predicted molar refractivity (Wildman–Crippen MR) is 62.8 cm³/mol. The lowest BCUT2D eigenvalue weighted by molar-refractivity contribution is 0.637. The average molecular weight is 206 g/mol. The van der Waals surface area contributed by atoms with Crippen LogP contribution in [0, 0.1) is 0 Å². The van der Waals surface area contributed by atoms with Crippen molar-refractivity contribution in [1.29, 1.82) is 0 Å². The van der Waals surface area contributed by atoms with E-state index in [2.05, 4.69) is 15.6 Å². The van der Waals surface area contributed by atoms with Crippen LogP contribution in [-0.2, 0) is 0 Å². The van der Waals surface area contributed by atoms with Crippen LogP contribution in [0.4, 0.5) is 11.5 Å². The molecule has 1 unspecified atom stereocenters. The molecule has 1 aliphatic rings. The number of nitrogens with two attached hydrogens (primary N) is 1. The van der Waals surface area contributed by atoms with E-state index in [4.69, 9.17) is 5.73 Å². The molecule has 0 aromatic carbocycles. The Labute approximate surface area is 90.3 Å². The van der Waals surface area contributed by atoms with Gasteiger partial charge in [0.25, 0.3) is 0 Å². The number of nitrogens with one attached hydrogen (secondary N) is 2. The third-order valence-corrected chi connectivity index (χ3v) is 2.77. The van der Waals surface area contributed by atoms with E-state index in [-0.39, 0.29) is 0 Å². The molecule has 1 aromatic rings. The molecule has 0 aliphatic carbocycles. The van der Waals surface area contributed by atoms with Gasteiger partial charge in [-0.15, -0.1) is 0 Å². The summed E-state index contributed by atoms with van der Waals surface area (Å²) in [6.45, 7) is 2.21. The van der Waals surface area contributed by atoms with Gasteiger partial charge >= 0.3 is 0 Å². The van der Waals surface area contributed by atoms with Crippen molar-refractivity contribution in [3.63, 3.8) is 0 Å². The van der Waals surface area contributed by atoms with Crippen LogP contribution in [0.2, 0.25) is 0 Å². The first kappa shape index (κ1) is 10.2. The molecule has 0 radical (unpaired) electrons. The van der Waals surface area contributed by atoms with Crippen molar-refractivity contribution in [3.05, 3.63) is 18.3 Å². The van der Waals surface area contributed by atoms with Crippen LogP contribution in [0.5, 0.6) is 0 Å². The lowest BCUT2D eigenvalue weighted by Crippen LogP contribution is -2.22. The summed E-state index contributed by atoms with van der Waals surface area (Å²) in [4.78, 5) is 4.07. The van der Waals surface area contributed by atoms with Crippen molar-refractivity contribution >= 4 is 11.5 Å². The van der Waals surface area contributed by atoms with Gasteiger partial charge in [-0.25, -0.2) is 4.98 Å². The fraction of sp³-hybridized carbons (Fsp3) is 0.545. The van der Waals surface area contributed by atoms with E-state index in [1.165, 1.54) is 12.8 Å². The first-order chi connectivity index (χ1) is 7.36. The molecule has 1 aliphatic heterocycles. The van der Waals surface area contributed by atoms with Crippen LogP contribution in [0.3, 0.4) is 0 Å². The molecule has 1 fully saturated rings. The Morgan fingerprint density at radius 2 is 2.33 bits per heavy atom. The van der Waals surface area contributed by atoms with Crippen LogP contribution in [0.25, 0.3) is 0 Å². The molecule has 0 spiro atoms. The largest absolute Gasteiger partial charge is 0.382 e. The van der Waals surface area contributed by atoms with E-state index in [0.29, 0.717) is 11.9 Å². The van der Waals surface area contributed by atoms with E-state index in [1.807, 2.05) is 12.1 Å². The minimum absolute atomic E-state index is 0.520. The fourth-order valence-corrected chi connectivity index (χ4v) is 1.92. The summed E-state index contributed by atoms with van der Waals surface area (Å²) in [7, 11) is 0. The zero-order valence-corrected chi connectivity index (χ0v) is 8.87. The summed E-state index contributed by atoms with van der Waals surface area (Å²) in [5.41, 5.74) is 6.75. The smallest absolute Gasteiger partial charge is 0.146 e. The first-order valence-electron chi connectivity index (χ1n) is 5.54. The monoisotopic (exact) mass is 206 g/mol. The summed E-state index contributed by atoms with van der Waals surface area (Å²) < 4.78 is 0. The Morgan fingerprint density at radius 1 is 1.40 bits per heavy atom. The molecule has 2 heterocycles. The molecular weight excluding hydrogens is 188 g/mol. The molecule has 0 amide bonds. The van der Waals surface area contributed by atoms with Gasteiger partial charge in [0.2, 0.25) is 0 Å². The summed E-state index contributed by atoms with van der Waals surface area (Å²) in [6, 6.07) is 4.42. The molecule has 4 N–H and O–H groups in total. The summed E-state index contributed by atoms with van der Waals surface area (Å²) in [5, 5.41) is 6.85. The number of aromatic nitrogens is 1. The average Bonchev–Trinajstić information content (AvgIpc) is 2.50. The maximum atomic E-state index is 5.79. The second-order valence-electron chi connectivity index (χ2n) is 3.96. The van der Waals surface area contributed by atoms with Gasteiger partial charge in [0.05, 0.1) is 5.69 Å². The number of nitrogens with zero attached hydrogens (tertiary/aromatic N) is 1. The van der Waals surface area contributed by atoms with E-state index in [0.717, 1.165) is 25.2 Å². The number of anilines is 2. The van der Waals surface area contributed by atoms with E-state index >= 15 is 0 Å². The number of rotatable bonds is 2. The Bertz CT molecular complexity index is 305. The highest BCUT2D eigenvalue weighted by Gasteiger charge is 2.12. The number of hydrogen-bond acceptors (Lipinski definition) is 4. The molecule has 2 rings (SSSR count). The van der Waals surface area contributed by atoms with Gasteiger partial charge in [-0.05, 0) is 44.5 Å². The fourth-order valence-electron chi connectivity index (χ4n) is 1.92. The molecule has 1 aromatic heterocycles. The van der Waals surface area contributed by atoms with Crippen LogP contribution in [0.15, 0.2) is 18.3 Å². The van der Waals surface area contributed by atoms with Gasteiger partial charge in [-0.3, -0.25) is 0 Å². The van der Waals surface area contributed by atoms with Crippen molar-refractivity contribution in [2.24, 2.45) is 0 Å². The Kier molecular flexibility index (Phi) is 3.40. The molecule has 0 saturated carbocycles. The molecule has 4 heteroatoms. The predicted octanol–water partition coefficient (Wildman–Crippen LogP) is 1.22. The van der Waals surface area contributed by atoms with Crippen molar-refractivity contribution < 1.29 is 0 Å². The standard InChI is InChI=1S/C11H18N4/c12-11-10(4-2-7-14-11)15-9-3-1-6-13-8-5-9/h2,4,7,9,13,15H,1,3,5-6,8H2,(H2,12,14). The number of pyridine rings is 1. The quantitative estimate of drug-likeness (QED) is 0.681. The lowest BCUT2D eigenvalue weighted by atomic mass is 10.1. The van der Waals surface area contributed by atoms with Crippen molar-refractivity contribution in [2.75, 3.05) is 24.1 Å². The Hall–Kier alpha value is -1.29. The Morgan fingerprint density at radius 3 is 3.20 bits per heavy atom. The van der Waals surface area contributed by atoms with Gasteiger partial charge in [0.1, 0.15) is 5.82 Å². The van der Waals surface area contributed by atoms with Crippen LogP contribution in [-0.4, -0.2) is 24.1 Å². The second-order valence-corrected chi connectivity index (χ2v) is 3.96. The van der Waals surface area contributed by atoms with Crippen molar-refractivity contribution in [1.82, 2.24) is 10.3 Å². The van der Waals surface area contributed by atoms with Crippen LogP contribution < -0.4 is 16.4 Å². The molecular formula is C11H18N4. The molecule has 1 saturated heterocycles. The third-order valence-electron chi connectivity index (χ3n) is 2.77. The first-order valence-corrected chi connectivity index (χ1v) is 5.54. The maximum absolute atomic E-state index is 5.79. The number of hydrogen-bond donors (Lipinski definition) is 3. The lowest BCUT2D eigenvalue weighted by Gasteiger charge is -2.17. The highest BCUT2D eigenvalue weighted by atomic mass is 15.0. The van der Waals surface area contributed by atoms with Gasteiger partial charge in [-0.1, -0.05) is 0 Å². The molecule has 4 nitrogen and oxygen atoms in total. The van der Waals surface area contributed by atoms with Gasteiger partial charge < -0.3 is 16.4 Å². The highest BCUT2D eigenvalue weighted by Crippen LogP contribution is 2.18. The van der Waals surface area contributed by atoms with E-state index < -0.39 is 0 Å². The molecule has 82 valence electrons. The molecule has 1 atom stereocenters. The van der Waals surface area contributed by atoms with Crippen LogP contribution in [0.1, 0.15) is 19.3 Å². The third kappa shape index (κ3) is 2.83. The highest BCUT2D eigenvalue weighted by molar-refractivity contribution is 5.61. The SMILES string of the molecule is Nc1ncccc1NC1CCCNCC1. The van der Waals surface area contributed by atoms with Gasteiger partial charge in [0, 0.05) is 12.2 Å². The zero-order chi connectivity index (χ0) is 10.5. The summed E-state index contributed by atoms with van der Waals surface area (Å²) in [6.07, 6.45) is 5.28. The topological polar surface area (TPSA) is 63.0 Å². The molecule has 15 heavy (non-hydrogen) atoms. The summed E-state index contributed by atoms with van der Waals surface area (Å²) in [5.74, 6) is 0.592. The molecule has 0 bridgehead atoms. The Balaban J connectivity index is 1.98. The van der Waals surface area contributed by atoms with Crippen LogP contribution >= 0.6 is 0 Å². The number of nitrogen functional groups attached to an aromatic ring is 1. The van der Waals surface area contributed by atoms with E-state index in [9.17, 15) is 0 Å². The second kappa shape index (κ2) is 4.98. The zero-order valence-electron chi connectivity index (χ0n) is 8.87. The minimum atomic E-state index is 0.520. The summed E-state index contributed by atoms with van der Waals surface area (Å²) >= 11 is 0. The minimum Gasteiger partial charge on any atom is -0.382 e. The normalized spacial score (nSPS) is 22.0. The van der Waals surface area contributed by atoms with E-state index in [1.54, 1.807) is 6.20 Å². The van der Waals surface area contributed by atoms with Crippen molar-refractivity contribution in [2.45, 2.75) is 25.3 Å². The van der Waals surface area contributed by atoms with Gasteiger partial charge in [-0.2, -0.15) is 0 Å². The maximum Gasteiger partial charge on any atom is 0.146 e.